The van der Waals surface area contributed by atoms with E-state index in [-0.39, 0.29) is 12.4 Å². The molecule has 1 aromatic heterocycles. The first-order chi connectivity index (χ1) is 9.33. The molecule has 5 heteroatoms. The van der Waals surface area contributed by atoms with Crippen LogP contribution in [0.4, 0.5) is 0 Å². The number of aromatic nitrogens is 2. The van der Waals surface area contributed by atoms with E-state index >= 15 is 0 Å². The highest BCUT2D eigenvalue weighted by Crippen LogP contribution is 2.28. The summed E-state index contributed by atoms with van der Waals surface area (Å²) in [5.74, 6) is 1.64. The molecule has 3 rings (SSSR count). The molecule has 1 aromatic rings. The van der Waals surface area contributed by atoms with Crippen molar-refractivity contribution >= 4 is 12.4 Å². The van der Waals surface area contributed by atoms with Crippen molar-refractivity contribution in [3.63, 3.8) is 0 Å². The van der Waals surface area contributed by atoms with Crippen LogP contribution in [0.1, 0.15) is 37.3 Å². The summed E-state index contributed by atoms with van der Waals surface area (Å²) in [4.78, 5) is 2.68. The predicted molar refractivity (Wildman–Crippen MR) is 84.5 cm³/mol. The number of aryl methyl sites for hydroxylation is 1. The van der Waals surface area contributed by atoms with Gasteiger partial charge in [-0.2, -0.15) is 5.10 Å². The highest BCUT2D eigenvalue weighted by atomic mass is 35.5. The molecule has 0 atom stereocenters. The first-order valence-electron chi connectivity index (χ1n) is 7.74. The van der Waals surface area contributed by atoms with E-state index in [1.165, 1.54) is 64.1 Å². The zero-order valence-electron chi connectivity index (χ0n) is 12.4. The molecular formula is C15H27ClN4. The maximum Gasteiger partial charge on any atom is 0.0492 e. The molecule has 4 nitrogen and oxygen atoms in total. The van der Waals surface area contributed by atoms with Crippen molar-refractivity contribution < 1.29 is 0 Å². The lowest BCUT2D eigenvalue weighted by Gasteiger charge is -2.35. The van der Waals surface area contributed by atoms with Crippen molar-refractivity contribution in [3.8, 4) is 0 Å². The van der Waals surface area contributed by atoms with Crippen molar-refractivity contribution in [1.82, 2.24) is 20.0 Å². The molecule has 114 valence electrons. The lowest BCUT2D eigenvalue weighted by Crippen LogP contribution is -2.40. The van der Waals surface area contributed by atoms with Crippen LogP contribution in [0.15, 0.2) is 12.3 Å². The monoisotopic (exact) mass is 298 g/mol. The Kier molecular flexibility index (Phi) is 5.87. The minimum atomic E-state index is 0. The van der Waals surface area contributed by atoms with Gasteiger partial charge in [0.15, 0.2) is 0 Å². The van der Waals surface area contributed by atoms with Crippen LogP contribution < -0.4 is 5.32 Å². The third-order valence-electron chi connectivity index (χ3n) is 4.84. The maximum atomic E-state index is 4.30. The Morgan fingerprint density at radius 2 is 1.90 bits per heavy atom. The smallest absolute Gasteiger partial charge is 0.0492 e. The number of likely N-dealkylation sites (tertiary alicyclic amines) is 1. The minimum Gasteiger partial charge on any atom is -0.317 e. The molecule has 0 radical (unpaired) electrons. The number of hydrogen-bond donors (Lipinski definition) is 1. The van der Waals surface area contributed by atoms with Gasteiger partial charge in [0, 0.05) is 31.4 Å². The first kappa shape index (κ1) is 15.8. The summed E-state index contributed by atoms with van der Waals surface area (Å²) in [6.45, 7) is 6.28. The fourth-order valence-corrected chi connectivity index (χ4v) is 3.63. The van der Waals surface area contributed by atoms with E-state index < -0.39 is 0 Å². The summed E-state index contributed by atoms with van der Waals surface area (Å²) < 4.78 is 2.05. The van der Waals surface area contributed by atoms with Gasteiger partial charge in [0.25, 0.3) is 0 Å². The van der Waals surface area contributed by atoms with E-state index in [1.807, 2.05) is 10.9 Å². The third kappa shape index (κ3) is 3.74. The number of halogens is 1. The van der Waals surface area contributed by atoms with Crippen LogP contribution in [0.5, 0.6) is 0 Å². The van der Waals surface area contributed by atoms with E-state index in [2.05, 4.69) is 28.4 Å². The molecule has 0 aromatic carbocycles. The second-order valence-corrected chi connectivity index (χ2v) is 6.15. The van der Waals surface area contributed by atoms with Gasteiger partial charge in [-0.25, -0.2) is 0 Å². The predicted octanol–water partition coefficient (Wildman–Crippen LogP) is 2.02. The lowest BCUT2D eigenvalue weighted by molar-refractivity contribution is 0.165. The van der Waals surface area contributed by atoms with Crippen molar-refractivity contribution in [2.75, 3.05) is 32.7 Å². The van der Waals surface area contributed by atoms with Crippen molar-refractivity contribution in [2.24, 2.45) is 13.0 Å². The SMILES string of the molecule is Cl.Cn1nccc1C1CCN(CC2CCNCC2)CC1. The van der Waals surface area contributed by atoms with Gasteiger partial charge < -0.3 is 10.2 Å². The quantitative estimate of drug-likeness (QED) is 0.927. The fraction of sp³-hybridized carbons (Fsp3) is 0.800. The molecule has 0 bridgehead atoms. The average Bonchev–Trinajstić information content (AvgIpc) is 2.87. The second kappa shape index (κ2) is 7.43. The van der Waals surface area contributed by atoms with Crippen molar-refractivity contribution in [1.29, 1.82) is 0 Å². The Morgan fingerprint density at radius 1 is 1.20 bits per heavy atom. The molecule has 0 amide bonds. The molecule has 2 aliphatic heterocycles. The van der Waals surface area contributed by atoms with Gasteiger partial charge >= 0.3 is 0 Å². The highest BCUT2D eigenvalue weighted by Gasteiger charge is 2.24. The summed E-state index contributed by atoms with van der Waals surface area (Å²) in [7, 11) is 2.07. The lowest BCUT2D eigenvalue weighted by atomic mass is 9.91. The molecule has 2 aliphatic rings. The minimum absolute atomic E-state index is 0. The van der Waals surface area contributed by atoms with Crippen LogP contribution >= 0.6 is 12.4 Å². The highest BCUT2D eigenvalue weighted by molar-refractivity contribution is 5.85. The standard InChI is InChI=1S/C15H26N4.ClH/c1-18-15(4-9-17-18)14-5-10-19(11-6-14)12-13-2-7-16-8-3-13;/h4,9,13-14,16H,2-3,5-8,10-12H2,1H3;1H. The van der Waals surface area contributed by atoms with Gasteiger partial charge in [-0.3, -0.25) is 4.68 Å². The molecule has 0 unspecified atom stereocenters. The Balaban J connectivity index is 0.00000147. The Bertz CT molecular complexity index is 392. The van der Waals surface area contributed by atoms with Gasteiger partial charge in [-0.05, 0) is 63.8 Å². The molecule has 20 heavy (non-hydrogen) atoms. The largest absolute Gasteiger partial charge is 0.317 e. The number of nitrogens with one attached hydrogen (secondary N) is 1. The fourth-order valence-electron chi connectivity index (χ4n) is 3.63. The molecule has 2 saturated heterocycles. The molecule has 0 spiro atoms. The van der Waals surface area contributed by atoms with Crippen LogP contribution in [0.2, 0.25) is 0 Å². The zero-order valence-corrected chi connectivity index (χ0v) is 13.2. The van der Waals surface area contributed by atoms with Gasteiger partial charge in [0.05, 0.1) is 0 Å². The molecule has 2 fully saturated rings. The molecule has 3 heterocycles. The Labute approximate surface area is 128 Å². The van der Waals surface area contributed by atoms with E-state index in [9.17, 15) is 0 Å². The number of piperidine rings is 2. The average molecular weight is 299 g/mol. The molecule has 0 aliphatic carbocycles. The molecular weight excluding hydrogens is 272 g/mol. The van der Waals surface area contributed by atoms with Crippen LogP contribution in [0.3, 0.4) is 0 Å². The van der Waals surface area contributed by atoms with E-state index in [0.717, 1.165) is 11.8 Å². The van der Waals surface area contributed by atoms with E-state index in [0.29, 0.717) is 0 Å². The van der Waals surface area contributed by atoms with E-state index in [1.54, 1.807) is 0 Å². The normalized spacial score (nSPS) is 22.6. The number of rotatable bonds is 3. The van der Waals surface area contributed by atoms with Crippen molar-refractivity contribution in [2.45, 2.75) is 31.6 Å². The molecule has 0 saturated carbocycles. The third-order valence-corrected chi connectivity index (χ3v) is 4.84. The van der Waals surface area contributed by atoms with Gasteiger partial charge in [0.1, 0.15) is 0 Å². The van der Waals surface area contributed by atoms with Gasteiger partial charge in [-0.1, -0.05) is 0 Å². The van der Waals surface area contributed by atoms with Crippen LogP contribution in [0, 0.1) is 5.92 Å². The van der Waals surface area contributed by atoms with Crippen LogP contribution in [-0.2, 0) is 7.05 Å². The van der Waals surface area contributed by atoms with E-state index in [4.69, 9.17) is 0 Å². The topological polar surface area (TPSA) is 33.1 Å². The Morgan fingerprint density at radius 3 is 2.50 bits per heavy atom. The summed E-state index contributed by atoms with van der Waals surface area (Å²) >= 11 is 0. The zero-order chi connectivity index (χ0) is 13.1. The Hall–Kier alpha value is -0.580. The first-order valence-corrected chi connectivity index (χ1v) is 7.74. The number of nitrogens with zero attached hydrogens (tertiary/aromatic N) is 3. The number of hydrogen-bond acceptors (Lipinski definition) is 3. The maximum absolute atomic E-state index is 4.30. The van der Waals surface area contributed by atoms with Crippen LogP contribution in [0.25, 0.3) is 0 Å². The van der Waals surface area contributed by atoms with Gasteiger partial charge in [-0.15, -0.1) is 12.4 Å². The van der Waals surface area contributed by atoms with Crippen LogP contribution in [-0.4, -0.2) is 47.4 Å². The second-order valence-electron chi connectivity index (χ2n) is 6.15. The summed E-state index contributed by atoms with van der Waals surface area (Å²) in [6.07, 6.45) is 7.25. The van der Waals surface area contributed by atoms with Gasteiger partial charge in [0.2, 0.25) is 0 Å². The summed E-state index contributed by atoms with van der Waals surface area (Å²) in [6, 6.07) is 2.19. The summed E-state index contributed by atoms with van der Waals surface area (Å²) in [5.41, 5.74) is 1.42. The summed E-state index contributed by atoms with van der Waals surface area (Å²) in [5, 5.41) is 7.76. The molecule has 1 N–H and O–H groups in total. The van der Waals surface area contributed by atoms with Crippen molar-refractivity contribution in [3.05, 3.63) is 18.0 Å².